The number of hydrogen-bond acceptors (Lipinski definition) is 4. The number of rotatable bonds is 6. The molecule has 0 aromatic carbocycles. The highest BCUT2D eigenvalue weighted by Crippen LogP contribution is 2.21. The summed E-state index contributed by atoms with van der Waals surface area (Å²) in [5, 5.41) is 9.57. The van der Waals surface area contributed by atoms with Gasteiger partial charge < -0.3 is 11.1 Å². The Kier molecular flexibility index (Phi) is 5.53. The number of amides is 1. The molecule has 2 atom stereocenters. The third-order valence-electron chi connectivity index (χ3n) is 2.84. The van der Waals surface area contributed by atoms with Crippen LogP contribution in [0, 0.1) is 0 Å². The number of nitrogens with two attached hydrogens (primary N) is 1. The molecule has 6 nitrogen and oxygen atoms in total. The second-order valence-electron chi connectivity index (χ2n) is 4.99. The van der Waals surface area contributed by atoms with Gasteiger partial charge in [0.2, 0.25) is 0 Å². The molecule has 0 saturated carbocycles. The summed E-state index contributed by atoms with van der Waals surface area (Å²) in [6, 6.07) is -0.0602. The lowest BCUT2D eigenvalue weighted by Gasteiger charge is -2.12. The van der Waals surface area contributed by atoms with E-state index in [9.17, 15) is 9.00 Å². The van der Waals surface area contributed by atoms with Gasteiger partial charge in [0.15, 0.2) is 5.69 Å². The molecule has 1 heterocycles. The Morgan fingerprint density at radius 1 is 1.47 bits per heavy atom. The Hall–Kier alpha value is -1.37. The number of nitrogens with zero attached hydrogens (tertiary/aromatic N) is 1. The monoisotopic (exact) mass is 286 g/mol. The number of aromatic amines is 1. The van der Waals surface area contributed by atoms with Crippen molar-refractivity contribution in [3.05, 3.63) is 11.4 Å². The summed E-state index contributed by atoms with van der Waals surface area (Å²) < 4.78 is 11.0. The highest BCUT2D eigenvalue weighted by molar-refractivity contribution is 7.84. The molecule has 1 aromatic rings. The zero-order valence-electron chi connectivity index (χ0n) is 11.8. The maximum Gasteiger partial charge on any atom is 0.274 e. The Morgan fingerprint density at radius 2 is 2.11 bits per heavy atom. The van der Waals surface area contributed by atoms with E-state index in [4.69, 9.17) is 5.73 Å². The van der Waals surface area contributed by atoms with E-state index < -0.39 is 10.8 Å². The summed E-state index contributed by atoms with van der Waals surface area (Å²) in [7, 11) is -0.850. The predicted octanol–water partition coefficient (Wildman–Crippen LogP) is 1.00. The van der Waals surface area contributed by atoms with Crippen LogP contribution in [0.15, 0.2) is 0 Å². The highest BCUT2D eigenvalue weighted by atomic mass is 32.2. The fraction of sp³-hybridized carbons (Fsp3) is 0.667. The van der Waals surface area contributed by atoms with Crippen LogP contribution >= 0.6 is 0 Å². The molecule has 0 aliphatic heterocycles. The number of carbonyl (C=O) groups excluding carboxylic acids is 1. The van der Waals surface area contributed by atoms with Crippen molar-refractivity contribution in [2.24, 2.45) is 0 Å². The van der Waals surface area contributed by atoms with Crippen LogP contribution in [0.25, 0.3) is 0 Å². The third kappa shape index (κ3) is 4.34. The number of nitrogens with one attached hydrogen (secondary N) is 2. The number of aromatic nitrogens is 2. The van der Waals surface area contributed by atoms with E-state index in [2.05, 4.69) is 15.5 Å². The van der Waals surface area contributed by atoms with Crippen LogP contribution in [0.1, 0.15) is 49.3 Å². The van der Waals surface area contributed by atoms with E-state index in [1.54, 1.807) is 6.26 Å². The number of anilines is 1. The molecule has 0 bridgehead atoms. The standard InChI is InChI=1S/C12H22N4O2S/c1-7(2)10-9(13)11(16-15-10)12(17)14-8(3)5-6-19(4)18/h7-8H,5-6,13H2,1-4H3,(H,14,17)(H,15,16). The normalized spacial score (nSPS) is 14.4. The fourth-order valence-corrected chi connectivity index (χ4v) is 2.37. The van der Waals surface area contributed by atoms with Gasteiger partial charge in [0, 0.05) is 28.9 Å². The van der Waals surface area contributed by atoms with Crippen molar-refractivity contribution in [1.82, 2.24) is 15.5 Å². The van der Waals surface area contributed by atoms with Crippen molar-refractivity contribution in [3.63, 3.8) is 0 Å². The highest BCUT2D eigenvalue weighted by Gasteiger charge is 2.20. The smallest absolute Gasteiger partial charge is 0.274 e. The van der Waals surface area contributed by atoms with Gasteiger partial charge in [-0.1, -0.05) is 13.8 Å². The molecule has 4 N–H and O–H groups in total. The van der Waals surface area contributed by atoms with Crippen LogP contribution in [0.3, 0.4) is 0 Å². The minimum absolute atomic E-state index is 0.0602. The van der Waals surface area contributed by atoms with E-state index in [0.717, 1.165) is 5.69 Å². The summed E-state index contributed by atoms with van der Waals surface area (Å²) >= 11 is 0. The maximum absolute atomic E-state index is 12.0. The lowest BCUT2D eigenvalue weighted by atomic mass is 10.1. The molecular weight excluding hydrogens is 264 g/mol. The molecule has 108 valence electrons. The molecular formula is C12H22N4O2S. The van der Waals surface area contributed by atoms with Crippen molar-refractivity contribution in [3.8, 4) is 0 Å². The zero-order valence-corrected chi connectivity index (χ0v) is 12.6. The summed E-state index contributed by atoms with van der Waals surface area (Å²) in [6.07, 6.45) is 2.31. The lowest BCUT2D eigenvalue weighted by molar-refractivity contribution is 0.0935. The maximum atomic E-state index is 12.0. The number of H-pyrrole nitrogens is 1. The van der Waals surface area contributed by atoms with Gasteiger partial charge in [-0.2, -0.15) is 5.10 Å². The Morgan fingerprint density at radius 3 is 2.58 bits per heavy atom. The Balaban J connectivity index is 2.66. The van der Waals surface area contributed by atoms with Crippen LogP contribution in [0.5, 0.6) is 0 Å². The van der Waals surface area contributed by atoms with Gasteiger partial charge in [0.05, 0.1) is 11.4 Å². The molecule has 0 aliphatic rings. The van der Waals surface area contributed by atoms with Crippen molar-refractivity contribution in [2.75, 3.05) is 17.7 Å². The second-order valence-corrected chi connectivity index (χ2v) is 6.55. The van der Waals surface area contributed by atoms with E-state index in [1.807, 2.05) is 20.8 Å². The Bertz CT molecular complexity index is 470. The summed E-state index contributed by atoms with van der Waals surface area (Å²) in [4.78, 5) is 12.0. The van der Waals surface area contributed by atoms with Crippen molar-refractivity contribution in [1.29, 1.82) is 0 Å². The van der Waals surface area contributed by atoms with Crippen LogP contribution in [-0.2, 0) is 10.8 Å². The van der Waals surface area contributed by atoms with Crippen LogP contribution in [0.4, 0.5) is 5.69 Å². The van der Waals surface area contributed by atoms with Crippen LogP contribution < -0.4 is 11.1 Å². The lowest BCUT2D eigenvalue weighted by Crippen LogP contribution is -2.34. The van der Waals surface area contributed by atoms with E-state index in [0.29, 0.717) is 17.9 Å². The first kappa shape index (κ1) is 15.7. The number of carbonyl (C=O) groups is 1. The second kappa shape index (κ2) is 6.70. The van der Waals surface area contributed by atoms with Crippen molar-refractivity contribution < 1.29 is 9.00 Å². The first-order chi connectivity index (χ1) is 8.82. The van der Waals surface area contributed by atoms with E-state index >= 15 is 0 Å². The van der Waals surface area contributed by atoms with Gasteiger partial charge in [-0.05, 0) is 19.3 Å². The SMILES string of the molecule is CC(CCS(C)=O)NC(=O)c1n[nH]c(C(C)C)c1N. The molecule has 1 aromatic heterocycles. The molecule has 0 saturated heterocycles. The predicted molar refractivity (Wildman–Crippen MR) is 77.6 cm³/mol. The molecule has 19 heavy (non-hydrogen) atoms. The Labute approximate surface area is 116 Å². The van der Waals surface area contributed by atoms with E-state index in [-0.39, 0.29) is 23.6 Å². The van der Waals surface area contributed by atoms with Gasteiger partial charge in [-0.3, -0.25) is 14.1 Å². The molecule has 1 amide bonds. The largest absolute Gasteiger partial charge is 0.395 e. The minimum Gasteiger partial charge on any atom is -0.395 e. The summed E-state index contributed by atoms with van der Waals surface area (Å²) in [5.41, 5.74) is 7.30. The zero-order chi connectivity index (χ0) is 14.6. The fourth-order valence-electron chi connectivity index (χ4n) is 1.68. The average Bonchev–Trinajstić information content (AvgIpc) is 2.68. The topological polar surface area (TPSA) is 101 Å². The molecule has 0 fully saturated rings. The van der Waals surface area contributed by atoms with E-state index in [1.165, 1.54) is 0 Å². The number of nitrogen functional groups attached to an aromatic ring is 1. The van der Waals surface area contributed by atoms with Gasteiger partial charge in [0.1, 0.15) is 0 Å². The van der Waals surface area contributed by atoms with Crippen molar-refractivity contribution in [2.45, 2.75) is 39.2 Å². The summed E-state index contributed by atoms with van der Waals surface area (Å²) in [6.45, 7) is 5.83. The molecule has 0 aliphatic carbocycles. The third-order valence-corrected chi connectivity index (χ3v) is 3.65. The van der Waals surface area contributed by atoms with Crippen molar-refractivity contribution >= 4 is 22.4 Å². The molecule has 1 rings (SSSR count). The molecule has 0 radical (unpaired) electrons. The average molecular weight is 286 g/mol. The van der Waals surface area contributed by atoms with Gasteiger partial charge in [0.25, 0.3) is 5.91 Å². The first-order valence-corrected chi connectivity index (χ1v) is 8.00. The number of hydrogen-bond donors (Lipinski definition) is 3. The van der Waals surface area contributed by atoms with Gasteiger partial charge in [-0.25, -0.2) is 0 Å². The van der Waals surface area contributed by atoms with Crippen LogP contribution in [0.2, 0.25) is 0 Å². The molecule has 7 heteroatoms. The van der Waals surface area contributed by atoms with Gasteiger partial charge >= 0.3 is 0 Å². The minimum atomic E-state index is -0.850. The summed E-state index contributed by atoms with van der Waals surface area (Å²) in [5.74, 6) is 0.457. The molecule has 0 spiro atoms. The molecule has 2 unspecified atom stereocenters. The first-order valence-electron chi connectivity index (χ1n) is 6.27. The quantitative estimate of drug-likeness (QED) is 0.726. The van der Waals surface area contributed by atoms with Gasteiger partial charge in [-0.15, -0.1) is 0 Å². The van der Waals surface area contributed by atoms with Crippen LogP contribution in [-0.4, -0.2) is 38.4 Å².